The number of hydrogen-bond acceptors (Lipinski definition) is 10. The Bertz CT molecular complexity index is 1900. The summed E-state index contributed by atoms with van der Waals surface area (Å²) >= 11 is 8.83. The number of thioether (sulfide) groups is 1. The van der Waals surface area contributed by atoms with Gasteiger partial charge in [0.25, 0.3) is 5.78 Å². The first-order chi connectivity index (χ1) is 20.3. The lowest BCUT2D eigenvalue weighted by molar-refractivity contribution is -0.132. The maximum atomic E-state index is 13.7. The SMILES string of the molecule is COc1cc(C2/C(=C(\O)c3c(C)nc4ccccn34)C(=O)C(=O)N2c2nnc(SCc3ccccc3Cl)s2)ccc1O. The summed E-state index contributed by atoms with van der Waals surface area (Å²) < 4.78 is 7.52. The molecule has 13 heteroatoms. The van der Waals surface area contributed by atoms with Gasteiger partial charge in [0.15, 0.2) is 21.6 Å². The van der Waals surface area contributed by atoms with Gasteiger partial charge in [-0.05, 0) is 48.4 Å². The molecule has 10 nitrogen and oxygen atoms in total. The van der Waals surface area contributed by atoms with Crippen LogP contribution in [0.5, 0.6) is 11.5 Å². The number of halogens is 1. The van der Waals surface area contributed by atoms with Crippen molar-refractivity contribution in [3.8, 4) is 11.5 Å². The van der Waals surface area contributed by atoms with E-state index in [-0.39, 0.29) is 33.7 Å². The van der Waals surface area contributed by atoms with E-state index < -0.39 is 17.7 Å². The third-order valence-corrected chi connectivity index (χ3v) is 9.28. The minimum atomic E-state index is -1.09. The predicted octanol–water partition coefficient (Wildman–Crippen LogP) is 5.78. The van der Waals surface area contributed by atoms with E-state index in [0.717, 1.165) is 16.9 Å². The van der Waals surface area contributed by atoms with Crippen LogP contribution >= 0.6 is 34.7 Å². The fourth-order valence-electron chi connectivity index (χ4n) is 4.85. The number of hydrogen-bond donors (Lipinski definition) is 2. The van der Waals surface area contributed by atoms with Gasteiger partial charge in [-0.15, -0.1) is 10.2 Å². The van der Waals surface area contributed by atoms with Crippen molar-refractivity contribution >= 4 is 62.9 Å². The Hall–Kier alpha value is -4.39. The van der Waals surface area contributed by atoms with Crippen LogP contribution in [0.2, 0.25) is 5.02 Å². The van der Waals surface area contributed by atoms with Crippen LogP contribution in [-0.2, 0) is 15.3 Å². The Morgan fingerprint density at radius 2 is 1.90 bits per heavy atom. The lowest BCUT2D eigenvalue weighted by Gasteiger charge is -2.23. The summed E-state index contributed by atoms with van der Waals surface area (Å²) in [6.45, 7) is 1.71. The number of rotatable bonds is 7. The molecule has 1 aliphatic heterocycles. The zero-order valence-corrected chi connectivity index (χ0v) is 24.6. The average Bonchev–Trinajstić information content (AvgIpc) is 3.66. The first-order valence-corrected chi connectivity index (χ1v) is 14.8. The van der Waals surface area contributed by atoms with Crippen molar-refractivity contribution in [2.45, 2.75) is 23.1 Å². The number of Topliss-reactive ketones (excluding diaryl/α,β-unsaturated/α-hetero) is 1. The van der Waals surface area contributed by atoms with Gasteiger partial charge in [-0.25, -0.2) is 4.98 Å². The average molecular weight is 620 g/mol. The number of nitrogens with zero attached hydrogens (tertiary/aromatic N) is 5. The largest absolute Gasteiger partial charge is 0.505 e. The standard InChI is InChI=1S/C29H22ClN5O5S2/c1-15-23(34-12-6-5-9-21(34)31-15)25(37)22-24(16-10-11-19(36)20(13-16)40-2)35(27(39)26(22)38)28-32-33-29(42-28)41-14-17-7-3-4-8-18(17)30/h3-13,24,36-37H,14H2,1-2H3/b25-22+. The summed E-state index contributed by atoms with van der Waals surface area (Å²) in [5.41, 5.74) is 2.51. The Labute approximate surface area is 252 Å². The van der Waals surface area contributed by atoms with Crippen molar-refractivity contribution in [2.75, 3.05) is 12.0 Å². The molecule has 5 aromatic rings. The number of aliphatic hydroxyl groups is 1. The molecule has 0 bridgehead atoms. The number of ketones is 1. The fourth-order valence-corrected chi connectivity index (χ4v) is 7.00. The summed E-state index contributed by atoms with van der Waals surface area (Å²) in [5.74, 6) is -1.61. The predicted molar refractivity (Wildman–Crippen MR) is 160 cm³/mol. The first kappa shape index (κ1) is 27.8. The van der Waals surface area contributed by atoms with E-state index in [1.165, 1.54) is 35.9 Å². The van der Waals surface area contributed by atoms with Gasteiger partial charge in [-0.2, -0.15) is 0 Å². The highest BCUT2D eigenvalue weighted by atomic mass is 35.5. The van der Waals surface area contributed by atoms with E-state index >= 15 is 0 Å². The molecule has 1 unspecified atom stereocenters. The monoisotopic (exact) mass is 619 g/mol. The molecule has 0 radical (unpaired) electrons. The summed E-state index contributed by atoms with van der Waals surface area (Å²) in [7, 11) is 1.39. The molecule has 1 saturated heterocycles. The number of carbonyl (C=O) groups excluding carboxylic acids is 2. The number of aromatic nitrogens is 4. The molecule has 3 aromatic heterocycles. The van der Waals surface area contributed by atoms with Crippen molar-refractivity contribution < 1.29 is 24.5 Å². The maximum Gasteiger partial charge on any atom is 0.301 e. The number of pyridine rings is 1. The zero-order valence-electron chi connectivity index (χ0n) is 22.2. The Balaban J connectivity index is 1.47. The van der Waals surface area contributed by atoms with E-state index in [0.29, 0.717) is 32.0 Å². The molecule has 1 fully saturated rings. The number of ether oxygens (including phenoxy) is 1. The zero-order chi connectivity index (χ0) is 29.5. The van der Waals surface area contributed by atoms with Gasteiger partial charge in [0.05, 0.1) is 24.4 Å². The molecular weight excluding hydrogens is 598 g/mol. The first-order valence-electron chi connectivity index (χ1n) is 12.6. The van der Waals surface area contributed by atoms with E-state index in [4.69, 9.17) is 16.3 Å². The number of methoxy groups -OCH3 is 1. The number of carbonyl (C=O) groups is 2. The van der Waals surface area contributed by atoms with E-state index in [1.54, 1.807) is 41.8 Å². The van der Waals surface area contributed by atoms with Crippen LogP contribution < -0.4 is 9.64 Å². The molecule has 212 valence electrons. The highest BCUT2D eigenvalue weighted by molar-refractivity contribution is 8.00. The fraction of sp³-hybridized carbons (Fsp3) is 0.138. The van der Waals surface area contributed by atoms with E-state index in [9.17, 15) is 19.8 Å². The van der Waals surface area contributed by atoms with Gasteiger partial charge in [-0.3, -0.25) is 18.9 Å². The number of aromatic hydroxyl groups is 1. The molecule has 42 heavy (non-hydrogen) atoms. The van der Waals surface area contributed by atoms with E-state index in [2.05, 4.69) is 15.2 Å². The summed E-state index contributed by atoms with van der Waals surface area (Å²) in [4.78, 5) is 33.0. The van der Waals surface area contributed by atoms with Crippen LogP contribution in [0.15, 0.2) is 76.8 Å². The maximum absolute atomic E-state index is 13.7. The number of phenolic OH excluding ortho intramolecular Hbond substituents is 1. The molecule has 0 saturated carbocycles. The molecule has 4 heterocycles. The second-order valence-electron chi connectivity index (χ2n) is 9.31. The number of anilines is 1. The highest BCUT2D eigenvalue weighted by Crippen LogP contribution is 2.46. The molecule has 2 N–H and O–H groups in total. The van der Waals surface area contributed by atoms with Crippen molar-refractivity contribution in [3.63, 3.8) is 0 Å². The molecule has 2 aromatic carbocycles. The lowest BCUT2D eigenvalue weighted by atomic mass is 9.96. The molecule has 0 aliphatic carbocycles. The topological polar surface area (TPSA) is 130 Å². The van der Waals surface area contributed by atoms with Crippen molar-refractivity contribution in [1.82, 2.24) is 19.6 Å². The number of aliphatic hydroxyl groups excluding tert-OH is 1. The second kappa shape index (κ2) is 11.1. The summed E-state index contributed by atoms with van der Waals surface area (Å²) in [6.07, 6.45) is 1.71. The molecule has 1 aliphatic rings. The summed E-state index contributed by atoms with van der Waals surface area (Å²) in [5, 5.41) is 31.2. The van der Waals surface area contributed by atoms with Crippen molar-refractivity contribution in [3.05, 3.63) is 100.0 Å². The number of phenols is 1. The third-order valence-electron chi connectivity index (χ3n) is 6.80. The third kappa shape index (κ3) is 4.77. The minimum absolute atomic E-state index is 0.120. The van der Waals surface area contributed by atoms with Crippen LogP contribution in [0.1, 0.15) is 28.6 Å². The number of imidazole rings is 1. The van der Waals surface area contributed by atoms with Gasteiger partial charge in [0, 0.05) is 17.0 Å². The number of aryl methyl sites for hydroxylation is 1. The second-order valence-corrected chi connectivity index (χ2v) is 11.9. The quantitative estimate of drug-likeness (QED) is 0.0765. The molecular formula is C29H22ClN5O5S2. The van der Waals surface area contributed by atoms with Crippen LogP contribution in [0, 0.1) is 6.92 Å². The van der Waals surface area contributed by atoms with Crippen LogP contribution in [0.4, 0.5) is 5.13 Å². The lowest BCUT2D eigenvalue weighted by Crippen LogP contribution is -2.29. The van der Waals surface area contributed by atoms with Gasteiger partial charge >= 0.3 is 5.91 Å². The normalized spacial score (nSPS) is 16.5. The number of fused-ring (bicyclic) bond motifs is 1. The van der Waals surface area contributed by atoms with Gasteiger partial charge in [0.1, 0.15) is 11.3 Å². The molecule has 0 spiro atoms. The minimum Gasteiger partial charge on any atom is -0.505 e. The smallest absolute Gasteiger partial charge is 0.301 e. The number of amides is 1. The molecule has 1 amide bonds. The highest BCUT2D eigenvalue weighted by Gasteiger charge is 2.49. The van der Waals surface area contributed by atoms with Crippen molar-refractivity contribution in [2.24, 2.45) is 0 Å². The van der Waals surface area contributed by atoms with E-state index in [1.807, 2.05) is 24.3 Å². The van der Waals surface area contributed by atoms with Gasteiger partial charge in [-0.1, -0.05) is 65.0 Å². The van der Waals surface area contributed by atoms with Gasteiger partial charge < -0.3 is 14.9 Å². The van der Waals surface area contributed by atoms with Crippen LogP contribution in [0.3, 0.4) is 0 Å². The van der Waals surface area contributed by atoms with Gasteiger partial charge in [0.2, 0.25) is 5.13 Å². The Kier molecular flexibility index (Phi) is 7.35. The molecule has 6 rings (SSSR count). The Morgan fingerprint density at radius 1 is 1.12 bits per heavy atom. The van der Waals surface area contributed by atoms with Crippen LogP contribution in [0.25, 0.3) is 11.4 Å². The Morgan fingerprint density at radius 3 is 2.69 bits per heavy atom. The molecule has 1 atom stereocenters. The number of benzene rings is 2. The van der Waals surface area contributed by atoms with Crippen molar-refractivity contribution in [1.29, 1.82) is 0 Å². The summed E-state index contributed by atoms with van der Waals surface area (Å²) in [6, 6.07) is 16.2. The van der Waals surface area contributed by atoms with Crippen LogP contribution in [-0.4, -0.2) is 48.6 Å².